The third-order valence-electron chi connectivity index (χ3n) is 2.70. The van der Waals surface area contributed by atoms with Crippen LogP contribution in [-0.4, -0.2) is 22.2 Å². The summed E-state index contributed by atoms with van der Waals surface area (Å²) in [7, 11) is 0. The molecule has 0 spiro atoms. The van der Waals surface area contributed by atoms with E-state index in [0.29, 0.717) is 23.0 Å². The molecule has 0 saturated carbocycles. The van der Waals surface area contributed by atoms with E-state index in [0.717, 1.165) is 5.56 Å². The number of carbonyl (C=O) groups excluding carboxylic acids is 1. The second-order valence-corrected chi connectivity index (χ2v) is 4.69. The zero-order valence-electron chi connectivity index (χ0n) is 11.4. The fraction of sp³-hybridized carbons (Fsp3) is 0.286. The fourth-order valence-corrected chi connectivity index (χ4v) is 1.77. The number of nitrogens with one attached hydrogen (secondary N) is 1. The molecule has 0 aliphatic heterocycles. The van der Waals surface area contributed by atoms with E-state index >= 15 is 0 Å². The summed E-state index contributed by atoms with van der Waals surface area (Å²) in [4.78, 5) is 11.6. The molecule has 1 heterocycles. The molecule has 0 saturated heterocycles. The van der Waals surface area contributed by atoms with Gasteiger partial charge < -0.3 is 10.1 Å². The molecule has 0 atom stereocenters. The number of carbonyl (C=O) groups is 1. The molecule has 5 nitrogen and oxygen atoms in total. The number of hydrogen-bond donors (Lipinski definition) is 1. The van der Waals surface area contributed by atoms with Crippen LogP contribution in [0.3, 0.4) is 0 Å². The van der Waals surface area contributed by atoms with Crippen molar-refractivity contribution in [2.45, 2.75) is 20.6 Å². The van der Waals surface area contributed by atoms with Crippen LogP contribution in [0.25, 0.3) is 0 Å². The van der Waals surface area contributed by atoms with Crippen LogP contribution in [0.15, 0.2) is 30.5 Å². The molecule has 0 aliphatic rings. The molecule has 2 aromatic rings. The van der Waals surface area contributed by atoms with Crippen LogP contribution in [0, 0.1) is 6.92 Å². The topological polar surface area (TPSA) is 56.2 Å². The molecule has 1 aromatic carbocycles. The van der Waals surface area contributed by atoms with Gasteiger partial charge in [-0.2, -0.15) is 5.10 Å². The molecule has 0 fully saturated rings. The van der Waals surface area contributed by atoms with Crippen molar-refractivity contribution in [3.05, 3.63) is 46.7 Å². The van der Waals surface area contributed by atoms with Crippen LogP contribution < -0.4 is 10.1 Å². The van der Waals surface area contributed by atoms with E-state index < -0.39 is 0 Å². The van der Waals surface area contributed by atoms with Gasteiger partial charge in [0, 0.05) is 17.8 Å². The van der Waals surface area contributed by atoms with Gasteiger partial charge in [-0.3, -0.25) is 4.79 Å². The summed E-state index contributed by atoms with van der Waals surface area (Å²) in [5.74, 6) is 0.524. The minimum absolute atomic E-state index is 0.186. The molecule has 0 radical (unpaired) electrons. The van der Waals surface area contributed by atoms with Crippen molar-refractivity contribution in [2.24, 2.45) is 0 Å². The predicted octanol–water partition coefficient (Wildman–Crippen LogP) is 2.63. The van der Waals surface area contributed by atoms with Crippen LogP contribution in [0.5, 0.6) is 5.75 Å². The lowest BCUT2D eigenvalue weighted by Gasteiger charge is -2.07. The first-order valence-corrected chi connectivity index (χ1v) is 6.68. The summed E-state index contributed by atoms with van der Waals surface area (Å²) in [6.45, 7) is 4.59. The number of aromatic nitrogens is 2. The number of ether oxygens (including phenoxy) is 1. The van der Waals surface area contributed by atoms with E-state index in [2.05, 4.69) is 10.4 Å². The first-order valence-electron chi connectivity index (χ1n) is 6.30. The van der Waals surface area contributed by atoms with Crippen LogP contribution in [0.1, 0.15) is 23.0 Å². The summed E-state index contributed by atoms with van der Waals surface area (Å²) >= 11 is 5.95. The van der Waals surface area contributed by atoms with Crippen molar-refractivity contribution in [2.75, 3.05) is 6.54 Å². The largest absolute Gasteiger partial charge is 0.471 e. The summed E-state index contributed by atoms with van der Waals surface area (Å²) in [6.07, 6.45) is 1.70. The number of amides is 1. The zero-order valence-corrected chi connectivity index (χ0v) is 12.1. The highest BCUT2D eigenvalue weighted by atomic mass is 35.5. The summed E-state index contributed by atoms with van der Waals surface area (Å²) in [6, 6.07) is 7.09. The van der Waals surface area contributed by atoms with Gasteiger partial charge in [-0.15, -0.1) is 0 Å². The van der Waals surface area contributed by atoms with Crippen molar-refractivity contribution < 1.29 is 9.53 Å². The highest BCUT2D eigenvalue weighted by molar-refractivity contribution is 6.31. The first-order chi connectivity index (χ1) is 9.60. The smallest absolute Gasteiger partial charge is 0.271 e. The lowest BCUT2D eigenvalue weighted by molar-refractivity contribution is 0.0949. The Hall–Kier alpha value is -2.01. The first kappa shape index (κ1) is 14.4. The Morgan fingerprint density at radius 1 is 1.45 bits per heavy atom. The van der Waals surface area contributed by atoms with Gasteiger partial charge in [0.1, 0.15) is 11.4 Å². The number of aryl methyl sites for hydroxylation is 1. The summed E-state index contributed by atoms with van der Waals surface area (Å²) < 4.78 is 7.16. The monoisotopic (exact) mass is 293 g/mol. The third kappa shape index (κ3) is 3.51. The average molecular weight is 294 g/mol. The Morgan fingerprint density at radius 3 is 2.95 bits per heavy atom. The van der Waals surface area contributed by atoms with Gasteiger partial charge in [-0.1, -0.05) is 11.6 Å². The van der Waals surface area contributed by atoms with E-state index in [1.807, 2.05) is 19.9 Å². The molecule has 1 N–H and O–H groups in total. The molecule has 2 rings (SSSR count). The van der Waals surface area contributed by atoms with E-state index in [4.69, 9.17) is 16.3 Å². The molecule has 106 valence electrons. The quantitative estimate of drug-likeness (QED) is 0.922. The normalized spacial score (nSPS) is 10.3. The van der Waals surface area contributed by atoms with Gasteiger partial charge in [0.05, 0.1) is 0 Å². The summed E-state index contributed by atoms with van der Waals surface area (Å²) in [5.41, 5.74) is 1.33. The number of nitrogens with zero attached hydrogens (tertiary/aromatic N) is 2. The maximum absolute atomic E-state index is 11.6. The van der Waals surface area contributed by atoms with Crippen LogP contribution in [0.2, 0.25) is 5.02 Å². The van der Waals surface area contributed by atoms with Gasteiger partial charge in [0.2, 0.25) is 0 Å². The molecule has 1 aromatic heterocycles. The number of halogens is 1. The van der Waals surface area contributed by atoms with Crippen LogP contribution in [0.4, 0.5) is 0 Å². The number of benzene rings is 1. The fourth-order valence-electron chi connectivity index (χ4n) is 1.65. The molecule has 0 aliphatic carbocycles. The van der Waals surface area contributed by atoms with Crippen molar-refractivity contribution in [3.8, 4) is 5.75 Å². The van der Waals surface area contributed by atoms with Gasteiger partial charge in [-0.25, -0.2) is 4.68 Å². The number of hydrogen-bond acceptors (Lipinski definition) is 3. The van der Waals surface area contributed by atoms with E-state index in [1.54, 1.807) is 29.1 Å². The van der Waals surface area contributed by atoms with Crippen molar-refractivity contribution in [1.82, 2.24) is 15.1 Å². The third-order valence-corrected chi connectivity index (χ3v) is 3.13. The lowest BCUT2D eigenvalue weighted by atomic mass is 10.2. The Kier molecular flexibility index (Phi) is 4.63. The second-order valence-electron chi connectivity index (χ2n) is 4.28. The Labute approximate surface area is 122 Å². The van der Waals surface area contributed by atoms with Crippen LogP contribution in [-0.2, 0) is 6.73 Å². The molecule has 0 bridgehead atoms. The van der Waals surface area contributed by atoms with Crippen molar-refractivity contribution in [1.29, 1.82) is 0 Å². The van der Waals surface area contributed by atoms with Gasteiger partial charge in [-0.05, 0) is 43.7 Å². The molecule has 20 heavy (non-hydrogen) atoms. The number of rotatable bonds is 5. The molecular weight excluding hydrogens is 278 g/mol. The van der Waals surface area contributed by atoms with E-state index in [-0.39, 0.29) is 12.6 Å². The maximum atomic E-state index is 11.6. The average Bonchev–Trinajstić information content (AvgIpc) is 2.89. The highest BCUT2D eigenvalue weighted by Gasteiger charge is 2.08. The van der Waals surface area contributed by atoms with Crippen molar-refractivity contribution in [3.63, 3.8) is 0 Å². The van der Waals surface area contributed by atoms with Crippen LogP contribution >= 0.6 is 11.6 Å². The molecular formula is C14H16ClN3O2. The minimum Gasteiger partial charge on any atom is -0.471 e. The highest BCUT2D eigenvalue weighted by Crippen LogP contribution is 2.21. The maximum Gasteiger partial charge on any atom is 0.271 e. The van der Waals surface area contributed by atoms with Gasteiger partial charge in [0.15, 0.2) is 6.73 Å². The zero-order chi connectivity index (χ0) is 14.5. The SMILES string of the molecule is CCNC(=O)c1ccn(COc2ccc(Cl)c(C)c2)n1. The minimum atomic E-state index is -0.186. The molecule has 6 heteroatoms. The van der Waals surface area contributed by atoms with E-state index in [1.165, 1.54) is 0 Å². The standard InChI is InChI=1S/C14H16ClN3O2/c1-3-16-14(19)13-6-7-18(17-13)9-20-11-4-5-12(15)10(2)8-11/h4-8H,3,9H2,1-2H3,(H,16,19). The Bertz CT molecular complexity index is 610. The van der Waals surface area contributed by atoms with Crippen molar-refractivity contribution >= 4 is 17.5 Å². The van der Waals surface area contributed by atoms with Gasteiger partial charge in [0.25, 0.3) is 5.91 Å². The summed E-state index contributed by atoms with van der Waals surface area (Å²) in [5, 5.41) is 7.53. The Morgan fingerprint density at radius 2 is 2.25 bits per heavy atom. The lowest BCUT2D eigenvalue weighted by Crippen LogP contribution is -2.23. The van der Waals surface area contributed by atoms with Gasteiger partial charge >= 0.3 is 0 Å². The second kappa shape index (κ2) is 6.43. The molecule has 0 unspecified atom stereocenters. The molecule has 1 amide bonds. The predicted molar refractivity (Wildman–Crippen MR) is 77.1 cm³/mol. The Balaban J connectivity index is 1.97. The van der Waals surface area contributed by atoms with E-state index in [9.17, 15) is 4.79 Å².